The van der Waals surface area contributed by atoms with Crippen molar-refractivity contribution in [3.05, 3.63) is 167 Å². The van der Waals surface area contributed by atoms with E-state index in [-0.39, 0.29) is 28.5 Å². The highest BCUT2D eigenvalue weighted by molar-refractivity contribution is 6.17. The fourth-order valence-corrected chi connectivity index (χ4v) is 6.67. The van der Waals surface area contributed by atoms with Gasteiger partial charge in [0.1, 0.15) is 16.9 Å². The Morgan fingerprint density at radius 1 is 0.543 bits per heavy atom. The Hall–Kier alpha value is -5.69. The van der Waals surface area contributed by atoms with Gasteiger partial charge in [0.15, 0.2) is 0 Å². The molecule has 4 N–H and O–H groups in total. The smallest absolute Gasteiger partial charge is 0.251 e. The van der Waals surface area contributed by atoms with Crippen LogP contribution in [0.2, 0.25) is 0 Å². The summed E-state index contributed by atoms with van der Waals surface area (Å²) in [6, 6.07) is 42.6. The lowest BCUT2D eigenvalue weighted by atomic mass is 9.68. The molecule has 1 aliphatic heterocycles. The highest BCUT2D eigenvalue weighted by Crippen LogP contribution is 2.55. The Labute approximate surface area is 266 Å². The van der Waals surface area contributed by atoms with Gasteiger partial charge in [0.25, 0.3) is 5.91 Å². The third-order valence-corrected chi connectivity index (χ3v) is 8.84. The van der Waals surface area contributed by atoms with Gasteiger partial charge in [0, 0.05) is 33.5 Å². The van der Waals surface area contributed by atoms with Crippen LogP contribution in [0, 0.1) is 0 Å². The largest absolute Gasteiger partial charge is 0.507 e. The van der Waals surface area contributed by atoms with Crippen molar-refractivity contribution in [1.29, 1.82) is 0 Å². The number of amides is 1. The van der Waals surface area contributed by atoms with Gasteiger partial charge >= 0.3 is 0 Å². The van der Waals surface area contributed by atoms with E-state index in [0.29, 0.717) is 39.2 Å². The molecule has 0 saturated heterocycles. The first-order valence-corrected chi connectivity index (χ1v) is 15.0. The summed E-state index contributed by atoms with van der Waals surface area (Å²) in [4.78, 5) is 17.1. The Bertz CT molecular complexity index is 1960. The molecule has 6 aromatic carbocycles. The summed E-state index contributed by atoms with van der Waals surface area (Å²) in [5.41, 5.74) is 4.50. The summed E-state index contributed by atoms with van der Waals surface area (Å²) >= 11 is 0. The molecular weight excluding hydrogens is 574 g/mol. The number of hydrogen-bond donors (Lipinski definition) is 4. The number of hydrogen-bond acceptors (Lipinski definition) is 5. The first kappa shape index (κ1) is 29.0. The van der Waals surface area contributed by atoms with Gasteiger partial charge in [-0.15, -0.1) is 0 Å². The van der Waals surface area contributed by atoms with Crippen molar-refractivity contribution >= 4 is 17.3 Å². The van der Waals surface area contributed by atoms with Gasteiger partial charge in [-0.2, -0.15) is 0 Å². The fourth-order valence-electron chi connectivity index (χ4n) is 6.67. The number of para-hydroxylation sites is 2. The van der Waals surface area contributed by atoms with Crippen LogP contribution in [-0.2, 0) is 23.4 Å². The van der Waals surface area contributed by atoms with Gasteiger partial charge < -0.3 is 20.4 Å². The molecule has 1 aliphatic rings. The van der Waals surface area contributed by atoms with E-state index in [9.17, 15) is 20.4 Å². The number of aliphatic hydroxyl groups is 2. The number of carbonyl (C=O) groups is 1. The zero-order valence-corrected chi connectivity index (χ0v) is 24.8. The minimum atomic E-state index is -1.51. The normalized spacial score (nSPS) is 13.5. The van der Waals surface area contributed by atoms with Gasteiger partial charge in [-0.3, -0.25) is 9.69 Å². The summed E-state index contributed by atoms with van der Waals surface area (Å²) in [5, 5.41) is 43.7. The zero-order valence-electron chi connectivity index (χ0n) is 24.8. The van der Waals surface area contributed by atoms with E-state index >= 15 is 4.79 Å². The molecule has 7 rings (SSSR count). The zero-order chi connectivity index (χ0) is 31.8. The molecule has 6 aromatic rings. The molecule has 0 bridgehead atoms. The average molecular weight is 606 g/mol. The van der Waals surface area contributed by atoms with Crippen LogP contribution in [0.25, 0.3) is 22.3 Å². The summed E-state index contributed by atoms with van der Waals surface area (Å²) in [7, 11) is 0. The molecule has 6 nitrogen and oxygen atoms in total. The lowest BCUT2D eigenvalue weighted by Crippen LogP contribution is -2.40. The molecular formula is C40H31NO5. The van der Waals surface area contributed by atoms with Gasteiger partial charge in [-0.05, 0) is 64.7 Å². The first-order chi connectivity index (χ1) is 22.5. The Balaban J connectivity index is 1.62. The third-order valence-electron chi connectivity index (χ3n) is 8.84. The van der Waals surface area contributed by atoms with Crippen molar-refractivity contribution in [2.75, 3.05) is 4.90 Å². The molecule has 0 atom stereocenters. The van der Waals surface area contributed by atoms with Crippen LogP contribution >= 0.6 is 0 Å². The van der Waals surface area contributed by atoms with Crippen LogP contribution in [0.15, 0.2) is 140 Å². The second-order valence-electron chi connectivity index (χ2n) is 11.4. The number of aliphatic hydroxyl groups excluding tert-OH is 2. The minimum Gasteiger partial charge on any atom is -0.507 e. The SMILES string of the molecule is O=C1N(c2ccccc2)c2ccccc2C1(c1cc(CO)c(O)c(-c2ccccc2)c1)c1cc(CO)c(O)c(-c2ccccc2)c1. The number of carbonyl (C=O) groups excluding carboxylic acids is 1. The number of benzene rings is 6. The van der Waals surface area contributed by atoms with E-state index in [0.717, 1.165) is 11.1 Å². The van der Waals surface area contributed by atoms with Crippen LogP contribution in [0.3, 0.4) is 0 Å². The van der Waals surface area contributed by atoms with Gasteiger partial charge in [-0.25, -0.2) is 0 Å². The number of fused-ring (bicyclic) bond motifs is 1. The van der Waals surface area contributed by atoms with E-state index < -0.39 is 18.6 Å². The maximum atomic E-state index is 15.4. The van der Waals surface area contributed by atoms with Crippen molar-refractivity contribution in [3.63, 3.8) is 0 Å². The molecule has 0 aromatic heterocycles. The molecule has 0 saturated carbocycles. The van der Waals surface area contributed by atoms with Gasteiger partial charge in [-0.1, -0.05) is 97.1 Å². The van der Waals surface area contributed by atoms with Crippen molar-refractivity contribution in [3.8, 4) is 33.8 Å². The number of rotatable bonds is 7. The highest BCUT2D eigenvalue weighted by atomic mass is 16.3. The number of aromatic hydroxyl groups is 2. The number of phenols is 2. The van der Waals surface area contributed by atoms with Crippen molar-refractivity contribution in [2.45, 2.75) is 18.6 Å². The lowest BCUT2D eigenvalue weighted by molar-refractivity contribution is -0.120. The van der Waals surface area contributed by atoms with Gasteiger partial charge in [0.05, 0.1) is 18.9 Å². The second kappa shape index (κ2) is 11.7. The van der Waals surface area contributed by atoms with E-state index in [1.165, 1.54) is 0 Å². The minimum absolute atomic E-state index is 0.0713. The Kier molecular flexibility index (Phi) is 7.37. The molecule has 226 valence electrons. The third kappa shape index (κ3) is 4.46. The maximum absolute atomic E-state index is 15.4. The van der Waals surface area contributed by atoms with E-state index in [2.05, 4.69) is 0 Å². The fraction of sp³-hybridized carbons (Fsp3) is 0.0750. The second-order valence-corrected chi connectivity index (χ2v) is 11.4. The quantitative estimate of drug-likeness (QED) is 0.152. The predicted octanol–water partition coefficient (Wildman–Crippen LogP) is 7.43. The first-order valence-electron chi connectivity index (χ1n) is 15.0. The maximum Gasteiger partial charge on any atom is 0.251 e. The molecule has 0 spiro atoms. The van der Waals surface area contributed by atoms with E-state index in [4.69, 9.17) is 0 Å². The highest BCUT2D eigenvalue weighted by Gasteiger charge is 2.54. The Morgan fingerprint density at radius 2 is 0.978 bits per heavy atom. The Morgan fingerprint density at radius 3 is 1.46 bits per heavy atom. The van der Waals surface area contributed by atoms with Crippen LogP contribution in [0.1, 0.15) is 27.8 Å². The van der Waals surface area contributed by atoms with Crippen molar-refractivity contribution < 1.29 is 25.2 Å². The summed E-state index contributed by atoms with van der Waals surface area (Å²) < 4.78 is 0. The molecule has 0 radical (unpaired) electrons. The monoisotopic (exact) mass is 605 g/mol. The van der Waals surface area contributed by atoms with Crippen LogP contribution in [0.5, 0.6) is 11.5 Å². The number of anilines is 2. The molecule has 6 heteroatoms. The van der Waals surface area contributed by atoms with Crippen molar-refractivity contribution in [1.82, 2.24) is 0 Å². The van der Waals surface area contributed by atoms with E-state index in [1.807, 2.05) is 115 Å². The average Bonchev–Trinajstić information content (AvgIpc) is 3.38. The van der Waals surface area contributed by atoms with Crippen molar-refractivity contribution in [2.24, 2.45) is 0 Å². The molecule has 0 fully saturated rings. The van der Waals surface area contributed by atoms with Crippen LogP contribution < -0.4 is 4.90 Å². The lowest BCUT2D eigenvalue weighted by Gasteiger charge is -2.32. The topological polar surface area (TPSA) is 101 Å². The van der Waals surface area contributed by atoms with Gasteiger partial charge in [0.2, 0.25) is 0 Å². The predicted molar refractivity (Wildman–Crippen MR) is 179 cm³/mol. The summed E-state index contributed by atoms with van der Waals surface area (Å²) in [5.74, 6) is -0.418. The number of nitrogens with zero attached hydrogens (tertiary/aromatic N) is 1. The summed E-state index contributed by atoms with van der Waals surface area (Å²) in [6.07, 6.45) is 0. The molecule has 0 unspecified atom stereocenters. The molecule has 0 aliphatic carbocycles. The molecule has 46 heavy (non-hydrogen) atoms. The summed E-state index contributed by atoms with van der Waals surface area (Å²) in [6.45, 7) is -0.916. The van der Waals surface area contributed by atoms with Crippen LogP contribution in [-0.4, -0.2) is 26.3 Å². The van der Waals surface area contributed by atoms with Crippen LogP contribution in [0.4, 0.5) is 11.4 Å². The van der Waals surface area contributed by atoms with E-state index in [1.54, 1.807) is 29.2 Å². The molecule has 1 amide bonds. The standard InChI is InChI=1S/C40H31NO5/c42-24-28-20-30(22-33(37(28)44)26-12-4-1-5-13-26)40(31-21-29(25-43)38(45)34(23-31)27-14-6-2-7-15-27)35-18-10-11-19-36(35)41(39(40)46)32-16-8-3-9-17-32/h1-23,42-45H,24-25H2. The molecule has 1 heterocycles.